The van der Waals surface area contributed by atoms with Gasteiger partial charge in [0.05, 0.1) is 26.5 Å². The second kappa shape index (κ2) is 10.4. The van der Waals surface area contributed by atoms with Crippen LogP contribution >= 0.6 is 27.5 Å². The Bertz CT molecular complexity index is 2020. The highest BCUT2D eigenvalue weighted by Gasteiger charge is 2.17. The Morgan fingerprint density at radius 2 is 1.93 bits per heavy atom. The third kappa shape index (κ3) is 4.95. The van der Waals surface area contributed by atoms with Crippen LogP contribution in [-0.2, 0) is 0 Å². The van der Waals surface area contributed by atoms with Crippen LogP contribution in [0.25, 0.3) is 33.5 Å². The molecule has 6 aromatic rings. The van der Waals surface area contributed by atoms with E-state index in [-0.39, 0.29) is 23.0 Å². The lowest BCUT2D eigenvalue weighted by molar-refractivity contribution is -0.385. The molecule has 0 aliphatic carbocycles. The van der Waals surface area contributed by atoms with Crippen molar-refractivity contribution in [2.75, 3.05) is 0 Å². The number of nitrogens with zero attached hydrogens (tertiary/aromatic N) is 5. The van der Waals surface area contributed by atoms with Crippen LogP contribution in [0.2, 0.25) is 5.02 Å². The second-order valence-electron chi connectivity index (χ2n) is 8.51. The molecule has 0 fully saturated rings. The Hall–Kier alpha value is -4.87. The molecule has 0 atom stereocenters. The van der Waals surface area contributed by atoms with Crippen LogP contribution in [-0.4, -0.2) is 25.8 Å². The zero-order chi connectivity index (χ0) is 27.8. The number of hydrogen-bond donors (Lipinski definition) is 0. The molecule has 0 aliphatic heterocycles. The van der Waals surface area contributed by atoms with Gasteiger partial charge in [0.15, 0.2) is 5.76 Å². The molecule has 3 aromatic heterocycles. The van der Waals surface area contributed by atoms with Gasteiger partial charge in [-0.25, -0.2) is 9.97 Å². The number of nitro groups is 1. The van der Waals surface area contributed by atoms with E-state index in [0.717, 1.165) is 11.6 Å². The van der Waals surface area contributed by atoms with Gasteiger partial charge in [-0.15, -0.1) is 0 Å². The number of furan rings is 1. The molecule has 10 nitrogen and oxygen atoms in total. The lowest BCUT2D eigenvalue weighted by atomic mass is 10.2. The first-order chi connectivity index (χ1) is 19.4. The van der Waals surface area contributed by atoms with E-state index in [1.807, 2.05) is 0 Å². The summed E-state index contributed by atoms with van der Waals surface area (Å²) in [6.07, 6.45) is 2.63. The van der Waals surface area contributed by atoms with Crippen LogP contribution in [0, 0.1) is 10.1 Å². The van der Waals surface area contributed by atoms with Crippen molar-refractivity contribution in [3.63, 3.8) is 0 Å². The predicted molar refractivity (Wildman–Crippen MR) is 154 cm³/mol. The number of halogens is 2. The number of pyridine rings is 1. The van der Waals surface area contributed by atoms with Crippen molar-refractivity contribution in [1.29, 1.82) is 0 Å². The van der Waals surface area contributed by atoms with E-state index < -0.39 is 4.92 Å². The van der Waals surface area contributed by atoms with Gasteiger partial charge in [0, 0.05) is 22.5 Å². The normalized spacial score (nSPS) is 11.4. The van der Waals surface area contributed by atoms with E-state index in [1.54, 1.807) is 66.7 Å². The molecule has 0 N–H and O–H groups in total. The largest absolute Gasteiger partial charge is 0.453 e. The van der Waals surface area contributed by atoms with Crippen LogP contribution in [0.4, 0.5) is 5.69 Å². The van der Waals surface area contributed by atoms with Crippen molar-refractivity contribution in [2.24, 2.45) is 5.10 Å². The number of ether oxygens (including phenoxy) is 1. The molecule has 0 unspecified atom stereocenters. The van der Waals surface area contributed by atoms with Gasteiger partial charge in [-0.2, -0.15) is 9.78 Å². The monoisotopic (exact) mass is 615 g/mol. The molecule has 0 bridgehead atoms. The van der Waals surface area contributed by atoms with E-state index in [1.165, 1.54) is 23.0 Å². The third-order valence-corrected chi connectivity index (χ3v) is 6.73. The summed E-state index contributed by atoms with van der Waals surface area (Å²) in [6.45, 7) is 0. The lowest BCUT2D eigenvalue weighted by Gasteiger charge is -2.08. The molecule has 0 spiro atoms. The smallest absolute Gasteiger partial charge is 0.287 e. The predicted octanol–water partition coefficient (Wildman–Crippen LogP) is 7.20. The molecule has 40 heavy (non-hydrogen) atoms. The minimum atomic E-state index is -0.535. The second-order valence-corrected chi connectivity index (χ2v) is 9.80. The Morgan fingerprint density at radius 1 is 1.07 bits per heavy atom. The number of rotatable bonds is 6. The van der Waals surface area contributed by atoms with Gasteiger partial charge in [-0.1, -0.05) is 23.7 Å². The van der Waals surface area contributed by atoms with Gasteiger partial charge in [-0.05, 0) is 76.1 Å². The fourth-order valence-electron chi connectivity index (χ4n) is 3.97. The highest BCUT2D eigenvalue weighted by molar-refractivity contribution is 9.10. The molecule has 6 rings (SSSR count). The van der Waals surface area contributed by atoms with E-state index in [2.05, 4.69) is 31.0 Å². The highest BCUT2D eigenvalue weighted by atomic mass is 79.9. The minimum absolute atomic E-state index is 0.137. The maximum absolute atomic E-state index is 13.5. The number of hydrogen-bond acceptors (Lipinski definition) is 8. The van der Waals surface area contributed by atoms with Gasteiger partial charge in [0.1, 0.15) is 17.5 Å². The van der Waals surface area contributed by atoms with Crippen molar-refractivity contribution < 1.29 is 14.1 Å². The zero-order valence-electron chi connectivity index (χ0n) is 20.2. The molecule has 0 aliphatic rings. The van der Waals surface area contributed by atoms with Crippen LogP contribution < -0.4 is 10.3 Å². The summed E-state index contributed by atoms with van der Waals surface area (Å²) in [6, 6.07) is 21.9. The standard InChI is InChI=1S/C28H15BrClN5O5/c29-21-11-16(5-8-24(21)40-26-10-7-19(15-31-26)35(37)38)14-32-34-27(33-22-4-2-1-3-20(22)28(34)36)25-13-17-12-18(30)6-9-23(17)39-25/h1-15H. The summed E-state index contributed by atoms with van der Waals surface area (Å²) < 4.78 is 13.5. The number of para-hydroxylation sites is 1. The SMILES string of the molecule is O=c1c2ccccc2nc(-c2cc3cc(Cl)ccc3o2)n1N=Cc1ccc(Oc2ccc([N+](=O)[O-])cn2)c(Br)c1. The van der Waals surface area contributed by atoms with E-state index in [9.17, 15) is 14.9 Å². The Balaban J connectivity index is 1.36. The van der Waals surface area contributed by atoms with Crippen LogP contribution in [0.1, 0.15) is 5.56 Å². The maximum atomic E-state index is 13.5. The third-order valence-electron chi connectivity index (χ3n) is 5.88. The fraction of sp³-hybridized carbons (Fsp3) is 0. The average molecular weight is 617 g/mol. The Morgan fingerprint density at radius 3 is 2.70 bits per heavy atom. The van der Waals surface area contributed by atoms with E-state index in [0.29, 0.717) is 43.1 Å². The highest BCUT2D eigenvalue weighted by Crippen LogP contribution is 2.31. The Kier molecular flexibility index (Phi) is 6.58. The molecular formula is C28H15BrClN5O5. The van der Waals surface area contributed by atoms with Gasteiger partial charge >= 0.3 is 0 Å². The number of aromatic nitrogens is 3. The fourth-order valence-corrected chi connectivity index (χ4v) is 4.63. The van der Waals surface area contributed by atoms with E-state index in [4.69, 9.17) is 20.8 Å². The molecule has 0 amide bonds. The zero-order valence-corrected chi connectivity index (χ0v) is 22.5. The summed E-state index contributed by atoms with van der Waals surface area (Å²) in [7, 11) is 0. The quantitative estimate of drug-likeness (QED) is 0.110. The molecule has 0 saturated carbocycles. The molecule has 3 heterocycles. The van der Waals surface area contributed by atoms with Crippen molar-refractivity contribution in [3.05, 3.63) is 121 Å². The average Bonchev–Trinajstić information content (AvgIpc) is 3.37. The summed E-state index contributed by atoms with van der Waals surface area (Å²) in [5, 5.41) is 17.0. The maximum Gasteiger partial charge on any atom is 0.287 e. The topological polar surface area (TPSA) is 126 Å². The Labute approximate surface area is 238 Å². The summed E-state index contributed by atoms with van der Waals surface area (Å²) >= 11 is 9.60. The van der Waals surface area contributed by atoms with Gasteiger partial charge in [0.2, 0.25) is 11.7 Å². The molecular weight excluding hydrogens is 602 g/mol. The first-order valence-electron chi connectivity index (χ1n) is 11.7. The van der Waals surface area contributed by atoms with E-state index >= 15 is 0 Å². The first-order valence-corrected chi connectivity index (χ1v) is 12.9. The summed E-state index contributed by atoms with van der Waals surface area (Å²) in [5.74, 6) is 1.22. The number of benzene rings is 3. The molecule has 0 saturated heterocycles. The van der Waals surface area contributed by atoms with Crippen LogP contribution in [0.15, 0.2) is 104 Å². The van der Waals surface area contributed by atoms with Crippen molar-refractivity contribution in [2.45, 2.75) is 0 Å². The van der Waals surface area contributed by atoms with Crippen molar-refractivity contribution >= 4 is 61.3 Å². The number of fused-ring (bicyclic) bond motifs is 2. The lowest BCUT2D eigenvalue weighted by Crippen LogP contribution is -2.20. The first kappa shape index (κ1) is 25.4. The van der Waals surface area contributed by atoms with Crippen molar-refractivity contribution in [3.8, 4) is 23.2 Å². The van der Waals surface area contributed by atoms with Crippen molar-refractivity contribution in [1.82, 2.24) is 14.6 Å². The van der Waals surface area contributed by atoms with Gasteiger partial charge in [-0.3, -0.25) is 14.9 Å². The summed E-state index contributed by atoms with van der Waals surface area (Å²) in [4.78, 5) is 32.4. The van der Waals surface area contributed by atoms with Crippen LogP contribution in [0.5, 0.6) is 11.6 Å². The molecule has 196 valence electrons. The van der Waals surface area contributed by atoms with Crippen LogP contribution in [0.3, 0.4) is 0 Å². The molecule has 0 radical (unpaired) electrons. The summed E-state index contributed by atoms with van der Waals surface area (Å²) in [5.41, 5.74) is 1.26. The van der Waals surface area contributed by atoms with Gasteiger partial charge in [0.25, 0.3) is 11.2 Å². The molecule has 12 heteroatoms. The minimum Gasteiger partial charge on any atom is -0.453 e. The molecule has 3 aromatic carbocycles. The van der Waals surface area contributed by atoms with Gasteiger partial charge < -0.3 is 9.15 Å².